The number of sulfonamides is 1. The molecule has 0 saturated carbocycles. The number of rotatable bonds is 4. The van der Waals surface area contributed by atoms with Crippen LogP contribution in [0.3, 0.4) is 0 Å². The summed E-state index contributed by atoms with van der Waals surface area (Å²) in [5.41, 5.74) is 5.03. The molecule has 0 amide bonds. The maximum Gasteiger partial charge on any atom is 0.241 e. The van der Waals surface area contributed by atoms with Gasteiger partial charge in [-0.3, -0.25) is 0 Å². The van der Waals surface area contributed by atoms with Crippen molar-refractivity contribution in [2.45, 2.75) is 24.3 Å². The van der Waals surface area contributed by atoms with Crippen LogP contribution in [0.15, 0.2) is 27.6 Å². The van der Waals surface area contributed by atoms with Crippen LogP contribution in [0.2, 0.25) is 0 Å². The largest absolute Gasteiger partial charge is 0.324 e. The SMILES string of the molecule is CC(C)(N)CNS(=O)(=O)c1ccc(F)cc1Br. The normalized spacial score (nSPS) is 12.8. The van der Waals surface area contributed by atoms with Crippen molar-refractivity contribution in [3.63, 3.8) is 0 Å². The molecule has 7 heteroatoms. The molecule has 0 heterocycles. The Morgan fingerprint density at radius 1 is 1.47 bits per heavy atom. The molecule has 1 rings (SSSR count). The Morgan fingerprint density at radius 2 is 2.06 bits per heavy atom. The monoisotopic (exact) mass is 324 g/mol. The second-order valence-corrected chi connectivity index (χ2v) is 6.98. The Hall–Kier alpha value is -0.500. The molecule has 4 nitrogen and oxygen atoms in total. The van der Waals surface area contributed by atoms with Crippen molar-refractivity contribution < 1.29 is 12.8 Å². The van der Waals surface area contributed by atoms with E-state index in [9.17, 15) is 12.8 Å². The average molecular weight is 325 g/mol. The van der Waals surface area contributed by atoms with Gasteiger partial charge in [-0.05, 0) is 48.0 Å². The fraction of sp³-hybridized carbons (Fsp3) is 0.400. The van der Waals surface area contributed by atoms with E-state index in [4.69, 9.17) is 5.73 Å². The van der Waals surface area contributed by atoms with Crippen molar-refractivity contribution in [2.24, 2.45) is 5.73 Å². The number of hydrogen-bond acceptors (Lipinski definition) is 3. The minimum atomic E-state index is -3.68. The molecule has 3 N–H and O–H groups in total. The van der Waals surface area contributed by atoms with Crippen LogP contribution in [0, 0.1) is 5.82 Å². The first-order valence-corrected chi connectivity index (χ1v) is 7.13. The number of nitrogens with one attached hydrogen (secondary N) is 1. The molecule has 0 atom stereocenters. The third-order valence-electron chi connectivity index (χ3n) is 1.90. The molecule has 0 unspecified atom stereocenters. The molecule has 0 bridgehead atoms. The predicted octanol–water partition coefficient (Wildman–Crippen LogP) is 1.60. The van der Waals surface area contributed by atoms with E-state index in [-0.39, 0.29) is 15.9 Å². The summed E-state index contributed by atoms with van der Waals surface area (Å²) in [7, 11) is -3.68. The molecule has 0 radical (unpaired) electrons. The highest BCUT2D eigenvalue weighted by Crippen LogP contribution is 2.22. The first-order chi connectivity index (χ1) is 7.62. The lowest BCUT2D eigenvalue weighted by molar-refractivity contribution is 0.497. The van der Waals surface area contributed by atoms with Gasteiger partial charge in [0, 0.05) is 16.6 Å². The topological polar surface area (TPSA) is 72.2 Å². The third-order valence-corrected chi connectivity index (χ3v) is 4.28. The molecule has 0 aromatic heterocycles. The van der Waals surface area contributed by atoms with Crippen LogP contribution in [0.1, 0.15) is 13.8 Å². The maximum atomic E-state index is 12.8. The van der Waals surface area contributed by atoms with Gasteiger partial charge in [0.1, 0.15) is 5.82 Å². The summed E-state index contributed by atoms with van der Waals surface area (Å²) in [5.74, 6) is -0.505. The van der Waals surface area contributed by atoms with Gasteiger partial charge in [-0.25, -0.2) is 17.5 Å². The third kappa shape index (κ3) is 4.34. The standard InChI is InChI=1S/C10H14BrFN2O2S/c1-10(2,13)6-14-17(15,16)9-4-3-7(12)5-8(9)11/h3-5,14H,6,13H2,1-2H3. The highest BCUT2D eigenvalue weighted by Gasteiger charge is 2.21. The number of benzene rings is 1. The minimum absolute atomic E-state index is 0.0110. The Labute approximate surface area is 109 Å². The zero-order valence-electron chi connectivity index (χ0n) is 9.50. The van der Waals surface area contributed by atoms with Crippen LogP contribution >= 0.6 is 15.9 Å². The van der Waals surface area contributed by atoms with Crippen LogP contribution in [0.25, 0.3) is 0 Å². The van der Waals surface area contributed by atoms with Crippen molar-refractivity contribution in [1.82, 2.24) is 4.72 Å². The zero-order chi connectivity index (χ0) is 13.3. The first kappa shape index (κ1) is 14.6. The predicted molar refractivity (Wildman–Crippen MR) is 67.6 cm³/mol. The molecule has 1 aromatic rings. The number of hydrogen-bond donors (Lipinski definition) is 2. The van der Waals surface area contributed by atoms with E-state index in [0.717, 1.165) is 12.1 Å². The molecule has 0 saturated heterocycles. The summed E-state index contributed by atoms with van der Waals surface area (Å²) in [4.78, 5) is -0.0110. The Balaban J connectivity index is 2.98. The van der Waals surface area contributed by atoms with Gasteiger partial charge >= 0.3 is 0 Å². The number of halogens is 2. The van der Waals surface area contributed by atoms with Crippen molar-refractivity contribution in [2.75, 3.05) is 6.54 Å². The van der Waals surface area contributed by atoms with Crippen molar-refractivity contribution in [3.05, 3.63) is 28.5 Å². The molecule has 96 valence electrons. The molecule has 17 heavy (non-hydrogen) atoms. The highest BCUT2D eigenvalue weighted by molar-refractivity contribution is 9.10. The van der Waals surface area contributed by atoms with Gasteiger partial charge in [-0.2, -0.15) is 0 Å². The fourth-order valence-corrected chi connectivity index (χ4v) is 3.32. The van der Waals surface area contributed by atoms with Crippen LogP contribution in [0.4, 0.5) is 4.39 Å². The second kappa shape index (κ2) is 5.01. The molecule has 0 spiro atoms. The van der Waals surface area contributed by atoms with Gasteiger partial charge in [-0.15, -0.1) is 0 Å². The molecule has 0 aliphatic rings. The lowest BCUT2D eigenvalue weighted by Gasteiger charge is -2.19. The lowest BCUT2D eigenvalue weighted by atomic mass is 10.1. The van der Waals surface area contributed by atoms with Gasteiger partial charge in [0.25, 0.3) is 0 Å². The summed E-state index contributed by atoms with van der Waals surface area (Å²) in [5, 5.41) is 0. The molecule has 0 fully saturated rings. The van der Waals surface area contributed by atoms with E-state index in [1.807, 2.05) is 0 Å². The van der Waals surface area contributed by atoms with E-state index in [0.29, 0.717) is 0 Å². The van der Waals surface area contributed by atoms with Crippen molar-refractivity contribution in [3.8, 4) is 0 Å². The van der Waals surface area contributed by atoms with Crippen LogP contribution < -0.4 is 10.5 Å². The summed E-state index contributed by atoms with van der Waals surface area (Å²) in [6.07, 6.45) is 0. The van der Waals surface area contributed by atoms with Gasteiger partial charge in [0.2, 0.25) is 10.0 Å². The van der Waals surface area contributed by atoms with Gasteiger partial charge in [0.05, 0.1) is 4.90 Å². The lowest BCUT2D eigenvalue weighted by Crippen LogP contribution is -2.45. The smallest absolute Gasteiger partial charge is 0.241 e. The maximum absolute atomic E-state index is 12.8. The minimum Gasteiger partial charge on any atom is -0.324 e. The Morgan fingerprint density at radius 3 is 2.53 bits per heavy atom. The quantitative estimate of drug-likeness (QED) is 0.883. The molecular weight excluding hydrogens is 311 g/mol. The van der Waals surface area contributed by atoms with Gasteiger partial charge in [-0.1, -0.05) is 0 Å². The van der Waals surface area contributed by atoms with E-state index in [2.05, 4.69) is 20.7 Å². The summed E-state index contributed by atoms with van der Waals surface area (Å²) >= 11 is 3.01. The zero-order valence-corrected chi connectivity index (χ0v) is 11.9. The Bertz CT molecular complexity index is 512. The Kier molecular flexibility index (Phi) is 4.29. The van der Waals surface area contributed by atoms with Crippen molar-refractivity contribution >= 4 is 26.0 Å². The van der Waals surface area contributed by atoms with Crippen LogP contribution in [0.5, 0.6) is 0 Å². The number of nitrogens with two attached hydrogens (primary N) is 1. The summed E-state index contributed by atoms with van der Waals surface area (Å²) in [6.45, 7) is 3.50. The molecule has 1 aromatic carbocycles. The molecule has 0 aliphatic heterocycles. The molecular formula is C10H14BrFN2O2S. The molecule has 0 aliphatic carbocycles. The van der Waals surface area contributed by atoms with E-state index in [1.54, 1.807) is 13.8 Å². The van der Waals surface area contributed by atoms with E-state index >= 15 is 0 Å². The summed E-state index contributed by atoms with van der Waals surface area (Å²) in [6, 6.07) is 3.39. The van der Waals surface area contributed by atoms with Crippen molar-refractivity contribution in [1.29, 1.82) is 0 Å². The average Bonchev–Trinajstić information content (AvgIpc) is 2.13. The fourth-order valence-electron chi connectivity index (χ4n) is 1.05. The van der Waals surface area contributed by atoms with E-state index < -0.39 is 21.4 Å². The van der Waals surface area contributed by atoms with Crippen LogP contribution in [-0.2, 0) is 10.0 Å². The second-order valence-electron chi connectivity index (χ2n) is 4.39. The van der Waals surface area contributed by atoms with Crippen LogP contribution in [-0.4, -0.2) is 20.5 Å². The van der Waals surface area contributed by atoms with Gasteiger partial charge in [0.15, 0.2) is 0 Å². The first-order valence-electron chi connectivity index (χ1n) is 4.85. The summed E-state index contributed by atoms with van der Waals surface area (Å²) < 4.78 is 39.2. The van der Waals surface area contributed by atoms with Gasteiger partial charge < -0.3 is 5.73 Å². The highest BCUT2D eigenvalue weighted by atomic mass is 79.9. The van der Waals surface area contributed by atoms with E-state index in [1.165, 1.54) is 6.07 Å².